The quantitative estimate of drug-likeness (QED) is 0.340. The highest BCUT2D eigenvalue weighted by atomic mass is 28.2. The van der Waals surface area contributed by atoms with Gasteiger partial charge in [0.15, 0.2) is 0 Å². The topological polar surface area (TPSA) is 9.23 Å². The van der Waals surface area contributed by atoms with Crippen LogP contribution in [0.15, 0.2) is 30.3 Å². The fourth-order valence-corrected chi connectivity index (χ4v) is 6.60. The van der Waals surface area contributed by atoms with Crippen molar-refractivity contribution in [2.75, 3.05) is 6.61 Å². The van der Waals surface area contributed by atoms with E-state index in [4.69, 9.17) is 4.74 Å². The molecule has 1 aromatic carbocycles. The average Bonchev–Trinajstić information content (AvgIpc) is 2.62. The van der Waals surface area contributed by atoms with Crippen LogP contribution in [0.5, 0.6) is 0 Å². The summed E-state index contributed by atoms with van der Waals surface area (Å²) in [6, 6.07) is 11.1. The zero-order chi connectivity index (χ0) is 16.9. The van der Waals surface area contributed by atoms with Gasteiger partial charge in [-0.3, -0.25) is 0 Å². The van der Waals surface area contributed by atoms with E-state index in [0.29, 0.717) is 5.73 Å². The van der Waals surface area contributed by atoms with Crippen LogP contribution in [0.4, 0.5) is 0 Å². The van der Waals surface area contributed by atoms with Crippen LogP contribution in [-0.4, -0.2) is 21.9 Å². The van der Waals surface area contributed by atoms with Gasteiger partial charge < -0.3 is 4.74 Å². The molecule has 1 fully saturated rings. The third kappa shape index (κ3) is 8.48. The van der Waals surface area contributed by atoms with Gasteiger partial charge in [0.25, 0.3) is 0 Å². The standard InChI is InChI=1S/C22H38OSi/c1-2-3-4-5-6-7-11-16-21(19-20-14-9-8-10-15-20)24-22-17-12-13-18-23-22/h8-10,14-15,21-22H,2-7,11-13,16-19,24H2,1H3. The molecule has 0 saturated carbocycles. The monoisotopic (exact) mass is 346 g/mol. The summed E-state index contributed by atoms with van der Waals surface area (Å²) in [6.07, 6.45) is 16.7. The Hall–Kier alpha value is -0.603. The molecule has 24 heavy (non-hydrogen) atoms. The number of ether oxygens (including phenoxy) is 1. The summed E-state index contributed by atoms with van der Waals surface area (Å²) in [6.45, 7) is 3.32. The summed E-state index contributed by atoms with van der Waals surface area (Å²) < 4.78 is 6.08. The molecular weight excluding hydrogens is 308 g/mol. The summed E-state index contributed by atoms with van der Waals surface area (Å²) in [5.74, 6) is 0. The molecule has 0 N–H and O–H groups in total. The SMILES string of the molecule is CCCCCCCCCC(Cc1ccccc1)[SiH2]C1CCCCO1. The minimum absolute atomic E-state index is 0.134. The van der Waals surface area contributed by atoms with E-state index < -0.39 is 0 Å². The molecule has 2 atom stereocenters. The first-order chi connectivity index (χ1) is 11.9. The van der Waals surface area contributed by atoms with E-state index in [1.807, 2.05) is 0 Å². The van der Waals surface area contributed by atoms with Gasteiger partial charge in [-0.05, 0) is 36.8 Å². The van der Waals surface area contributed by atoms with Crippen molar-refractivity contribution in [3.05, 3.63) is 35.9 Å². The second-order valence-electron chi connectivity index (χ2n) is 7.69. The largest absolute Gasteiger partial charge is 0.382 e. The normalized spacial score (nSPS) is 19.8. The molecule has 1 nitrogen and oxygen atoms in total. The van der Waals surface area contributed by atoms with Crippen molar-refractivity contribution < 1.29 is 4.74 Å². The van der Waals surface area contributed by atoms with Crippen molar-refractivity contribution in [3.63, 3.8) is 0 Å². The lowest BCUT2D eigenvalue weighted by atomic mass is 10.0. The predicted octanol–water partition coefficient (Wildman–Crippen LogP) is 5.85. The summed E-state index contributed by atoms with van der Waals surface area (Å²) in [5, 5.41) is 0. The maximum absolute atomic E-state index is 6.08. The van der Waals surface area contributed by atoms with Crippen molar-refractivity contribution >= 4 is 9.52 Å². The minimum atomic E-state index is -0.134. The van der Waals surface area contributed by atoms with Gasteiger partial charge in [0, 0.05) is 12.3 Å². The zero-order valence-corrected chi connectivity index (χ0v) is 17.3. The van der Waals surface area contributed by atoms with Crippen molar-refractivity contribution in [2.45, 2.75) is 95.2 Å². The molecule has 0 spiro atoms. The van der Waals surface area contributed by atoms with E-state index >= 15 is 0 Å². The Morgan fingerprint density at radius 3 is 2.46 bits per heavy atom. The Balaban J connectivity index is 1.72. The third-order valence-corrected chi connectivity index (χ3v) is 7.99. The van der Waals surface area contributed by atoms with Crippen LogP contribution in [0.25, 0.3) is 0 Å². The van der Waals surface area contributed by atoms with Gasteiger partial charge in [-0.1, -0.05) is 88.6 Å². The summed E-state index contributed by atoms with van der Waals surface area (Å²) in [5.41, 5.74) is 3.14. The summed E-state index contributed by atoms with van der Waals surface area (Å²) >= 11 is 0. The Bertz CT molecular complexity index is 400. The highest BCUT2D eigenvalue weighted by molar-refractivity contribution is 6.39. The first-order valence-electron chi connectivity index (χ1n) is 10.5. The first kappa shape index (κ1) is 19.7. The van der Waals surface area contributed by atoms with Gasteiger partial charge in [0.1, 0.15) is 0 Å². The Morgan fingerprint density at radius 1 is 1.00 bits per heavy atom. The van der Waals surface area contributed by atoms with E-state index in [2.05, 4.69) is 37.3 Å². The molecule has 0 aliphatic carbocycles. The Labute approximate surface area is 152 Å². The second-order valence-corrected chi connectivity index (χ2v) is 10.2. The number of unbranched alkanes of at least 4 members (excludes halogenated alkanes) is 6. The van der Waals surface area contributed by atoms with Gasteiger partial charge >= 0.3 is 0 Å². The fraction of sp³-hybridized carbons (Fsp3) is 0.727. The first-order valence-corrected chi connectivity index (χ1v) is 12.2. The molecule has 2 heteroatoms. The molecule has 0 aromatic heterocycles. The van der Waals surface area contributed by atoms with Crippen LogP contribution in [0.3, 0.4) is 0 Å². The molecule has 2 rings (SSSR count). The minimum Gasteiger partial charge on any atom is -0.382 e. The zero-order valence-electron chi connectivity index (χ0n) is 15.8. The maximum atomic E-state index is 6.08. The maximum Gasteiger partial charge on any atom is 0.0590 e. The van der Waals surface area contributed by atoms with Crippen molar-refractivity contribution in [3.8, 4) is 0 Å². The van der Waals surface area contributed by atoms with E-state index in [1.54, 1.807) is 0 Å². The van der Waals surface area contributed by atoms with Gasteiger partial charge in [-0.15, -0.1) is 0 Å². The van der Waals surface area contributed by atoms with Crippen LogP contribution < -0.4 is 0 Å². The lowest BCUT2D eigenvalue weighted by Gasteiger charge is -2.27. The van der Waals surface area contributed by atoms with Crippen LogP contribution in [0.1, 0.15) is 83.1 Å². The van der Waals surface area contributed by atoms with E-state index in [1.165, 1.54) is 82.6 Å². The Morgan fingerprint density at radius 2 is 1.75 bits per heavy atom. The molecular formula is C22H38OSi. The van der Waals surface area contributed by atoms with Crippen LogP contribution >= 0.6 is 0 Å². The fourth-order valence-electron chi connectivity index (χ4n) is 4.01. The molecule has 0 radical (unpaired) electrons. The number of rotatable bonds is 12. The van der Waals surface area contributed by atoms with Crippen molar-refractivity contribution in [2.24, 2.45) is 0 Å². The lowest BCUT2D eigenvalue weighted by molar-refractivity contribution is 0.0641. The van der Waals surface area contributed by atoms with Crippen LogP contribution in [0.2, 0.25) is 5.54 Å². The predicted molar refractivity (Wildman–Crippen MR) is 109 cm³/mol. The van der Waals surface area contributed by atoms with E-state index in [0.717, 1.165) is 12.1 Å². The molecule has 1 saturated heterocycles. The highest BCUT2D eigenvalue weighted by Gasteiger charge is 2.20. The highest BCUT2D eigenvalue weighted by Crippen LogP contribution is 2.25. The van der Waals surface area contributed by atoms with Gasteiger partial charge in [-0.25, -0.2) is 0 Å². The number of benzene rings is 1. The molecule has 0 bridgehead atoms. The average molecular weight is 347 g/mol. The summed E-state index contributed by atoms with van der Waals surface area (Å²) in [7, 11) is -0.134. The van der Waals surface area contributed by atoms with Gasteiger partial charge in [0.05, 0.1) is 9.52 Å². The molecule has 2 unspecified atom stereocenters. The van der Waals surface area contributed by atoms with E-state index in [9.17, 15) is 0 Å². The molecule has 1 heterocycles. The second kappa shape index (κ2) is 12.7. The smallest absolute Gasteiger partial charge is 0.0590 e. The van der Waals surface area contributed by atoms with Crippen LogP contribution in [0, 0.1) is 0 Å². The Kier molecular flexibility index (Phi) is 10.4. The van der Waals surface area contributed by atoms with Crippen molar-refractivity contribution in [1.82, 2.24) is 0 Å². The van der Waals surface area contributed by atoms with Gasteiger partial charge in [-0.2, -0.15) is 0 Å². The molecule has 1 aromatic rings. The van der Waals surface area contributed by atoms with Crippen LogP contribution in [-0.2, 0) is 11.2 Å². The lowest BCUT2D eigenvalue weighted by Crippen LogP contribution is -2.29. The number of hydrogen-bond acceptors (Lipinski definition) is 1. The van der Waals surface area contributed by atoms with E-state index in [-0.39, 0.29) is 9.52 Å². The molecule has 136 valence electrons. The molecule has 1 aliphatic rings. The number of hydrogen-bond donors (Lipinski definition) is 0. The molecule has 0 amide bonds. The van der Waals surface area contributed by atoms with Gasteiger partial charge in [0.2, 0.25) is 0 Å². The third-order valence-electron chi connectivity index (χ3n) is 5.45. The molecule has 1 aliphatic heterocycles. The van der Waals surface area contributed by atoms with Crippen molar-refractivity contribution in [1.29, 1.82) is 0 Å². The summed E-state index contributed by atoms with van der Waals surface area (Å²) in [4.78, 5) is 0.